The van der Waals surface area contributed by atoms with E-state index in [9.17, 15) is 4.79 Å². The molecule has 1 saturated carbocycles. The van der Waals surface area contributed by atoms with E-state index in [2.05, 4.69) is 26.2 Å². The summed E-state index contributed by atoms with van der Waals surface area (Å²) in [6, 6.07) is 0. The highest BCUT2D eigenvalue weighted by molar-refractivity contribution is 5.89. The molecule has 0 bridgehead atoms. The molecule has 0 unspecified atom stereocenters. The minimum atomic E-state index is 0.184. The summed E-state index contributed by atoms with van der Waals surface area (Å²) in [5, 5.41) is 0. The highest BCUT2D eigenvalue weighted by atomic mass is 16.1. The van der Waals surface area contributed by atoms with Crippen LogP contribution in [0.25, 0.3) is 0 Å². The molecule has 0 aromatic rings. The van der Waals surface area contributed by atoms with E-state index in [1.54, 1.807) is 0 Å². The normalized spacial score (nSPS) is 26.2. The largest absolute Gasteiger partial charge is 0.295 e. The van der Waals surface area contributed by atoms with Crippen LogP contribution in [-0.4, -0.2) is 5.78 Å². The molecule has 0 radical (unpaired) electrons. The lowest BCUT2D eigenvalue weighted by atomic mass is 9.73. The van der Waals surface area contributed by atoms with E-state index < -0.39 is 0 Å². The van der Waals surface area contributed by atoms with Crippen LogP contribution in [0.4, 0.5) is 0 Å². The van der Waals surface area contributed by atoms with Gasteiger partial charge in [-0.1, -0.05) is 43.7 Å². The zero-order valence-corrected chi connectivity index (χ0v) is 10.2. The molecular formula is C15H22O. The van der Waals surface area contributed by atoms with Gasteiger partial charge in [-0.3, -0.25) is 4.79 Å². The number of carbonyl (C=O) groups excluding carboxylic acids is 1. The smallest absolute Gasteiger partial charge is 0.155 e. The van der Waals surface area contributed by atoms with Crippen molar-refractivity contribution >= 4 is 5.78 Å². The van der Waals surface area contributed by atoms with Crippen LogP contribution >= 0.6 is 0 Å². The van der Waals surface area contributed by atoms with Crippen molar-refractivity contribution in [2.75, 3.05) is 0 Å². The van der Waals surface area contributed by atoms with E-state index in [1.807, 2.05) is 6.08 Å². The first kappa shape index (κ1) is 13.0. The van der Waals surface area contributed by atoms with Crippen molar-refractivity contribution in [3.63, 3.8) is 0 Å². The van der Waals surface area contributed by atoms with Crippen molar-refractivity contribution in [3.05, 3.63) is 37.0 Å². The third kappa shape index (κ3) is 3.48. The van der Waals surface area contributed by atoms with Crippen LogP contribution in [0.3, 0.4) is 0 Å². The van der Waals surface area contributed by atoms with Gasteiger partial charge in [-0.2, -0.15) is 0 Å². The molecule has 1 aliphatic rings. The molecule has 0 aromatic carbocycles. The van der Waals surface area contributed by atoms with Gasteiger partial charge < -0.3 is 0 Å². The van der Waals surface area contributed by atoms with Crippen molar-refractivity contribution in [3.8, 4) is 0 Å². The summed E-state index contributed by atoms with van der Waals surface area (Å²) in [5.41, 5.74) is 1.37. The maximum atomic E-state index is 11.4. The van der Waals surface area contributed by atoms with Crippen molar-refractivity contribution in [1.29, 1.82) is 0 Å². The van der Waals surface area contributed by atoms with E-state index in [1.165, 1.54) is 37.3 Å². The minimum absolute atomic E-state index is 0.184. The third-order valence-corrected chi connectivity index (χ3v) is 3.57. The molecule has 1 nitrogen and oxygen atoms in total. The van der Waals surface area contributed by atoms with Gasteiger partial charge >= 0.3 is 0 Å². The van der Waals surface area contributed by atoms with Gasteiger partial charge in [-0.15, -0.1) is 0 Å². The second-order valence-corrected chi connectivity index (χ2v) is 4.67. The standard InChI is InChI=1S/C15H22O/c1-4-8-12(3)15-10-7-6-9-13(15)11-14(16)5-2/h4-5,8,13,15H,1-2,6-7,9-11H2,3H3/b12-8+/t13-,15-/m1/s1. The van der Waals surface area contributed by atoms with Crippen LogP contribution in [0, 0.1) is 11.8 Å². The second kappa shape index (κ2) is 6.47. The molecule has 0 heterocycles. The number of hydrogen-bond donors (Lipinski definition) is 0. The number of carbonyl (C=O) groups is 1. The maximum absolute atomic E-state index is 11.4. The summed E-state index contributed by atoms with van der Waals surface area (Å²) in [6.07, 6.45) is 11.0. The summed E-state index contributed by atoms with van der Waals surface area (Å²) >= 11 is 0. The zero-order valence-electron chi connectivity index (χ0n) is 10.2. The lowest BCUT2D eigenvalue weighted by molar-refractivity contribution is -0.115. The number of hydrogen-bond acceptors (Lipinski definition) is 1. The molecule has 0 N–H and O–H groups in total. The molecule has 1 rings (SSSR count). The first-order valence-electron chi connectivity index (χ1n) is 6.13. The molecule has 16 heavy (non-hydrogen) atoms. The van der Waals surface area contributed by atoms with Crippen LogP contribution in [0.5, 0.6) is 0 Å². The first-order valence-corrected chi connectivity index (χ1v) is 6.13. The van der Waals surface area contributed by atoms with Crippen LogP contribution in [0.2, 0.25) is 0 Å². The number of rotatable bonds is 5. The van der Waals surface area contributed by atoms with Crippen molar-refractivity contribution < 1.29 is 4.79 Å². The van der Waals surface area contributed by atoms with Gasteiger partial charge in [0.25, 0.3) is 0 Å². The van der Waals surface area contributed by atoms with Crippen LogP contribution in [0.1, 0.15) is 39.0 Å². The summed E-state index contributed by atoms with van der Waals surface area (Å²) in [5.74, 6) is 1.26. The summed E-state index contributed by atoms with van der Waals surface area (Å²) < 4.78 is 0. The molecule has 2 atom stereocenters. The van der Waals surface area contributed by atoms with Gasteiger partial charge in [0.15, 0.2) is 5.78 Å². The number of ketones is 1. The average Bonchev–Trinajstić information content (AvgIpc) is 2.30. The van der Waals surface area contributed by atoms with E-state index in [4.69, 9.17) is 0 Å². The second-order valence-electron chi connectivity index (χ2n) is 4.67. The Hall–Kier alpha value is -1.11. The molecule has 1 heteroatoms. The Morgan fingerprint density at radius 3 is 2.62 bits per heavy atom. The lowest BCUT2D eigenvalue weighted by Gasteiger charge is -2.31. The maximum Gasteiger partial charge on any atom is 0.155 e. The molecule has 88 valence electrons. The molecule has 0 aromatic heterocycles. The molecule has 0 spiro atoms. The third-order valence-electron chi connectivity index (χ3n) is 3.57. The van der Waals surface area contributed by atoms with Crippen LogP contribution in [-0.2, 0) is 4.79 Å². The van der Waals surface area contributed by atoms with Crippen molar-refractivity contribution in [1.82, 2.24) is 0 Å². The Morgan fingerprint density at radius 2 is 2.00 bits per heavy atom. The SMILES string of the molecule is C=C/C=C(\C)[C@H]1CCCC[C@@H]1CC(=O)C=C. The minimum Gasteiger partial charge on any atom is -0.295 e. The fourth-order valence-electron chi connectivity index (χ4n) is 2.70. The highest BCUT2D eigenvalue weighted by Gasteiger charge is 2.27. The van der Waals surface area contributed by atoms with Gasteiger partial charge in [-0.25, -0.2) is 0 Å². The van der Waals surface area contributed by atoms with Gasteiger partial charge in [-0.05, 0) is 37.7 Å². The fourth-order valence-corrected chi connectivity index (χ4v) is 2.70. The molecule has 1 fully saturated rings. The van der Waals surface area contributed by atoms with Crippen molar-refractivity contribution in [2.45, 2.75) is 39.0 Å². The predicted octanol–water partition coefficient (Wildman–Crippen LogP) is 4.07. The monoisotopic (exact) mass is 218 g/mol. The summed E-state index contributed by atoms with van der Waals surface area (Å²) in [6.45, 7) is 9.45. The topological polar surface area (TPSA) is 17.1 Å². The first-order chi connectivity index (χ1) is 7.69. The molecule has 0 amide bonds. The van der Waals surface area contributed by atoms with E-state index >= 15 is 0 Å². The van der Waals surface area contributed by atoms with Gasteiger partial charge in [0.05, 0.1) is 0 Å². The number of allylic oxidation sites excluding steroid dienone is 4. The molecule has 0 saturated heterocycles. The van der Waals surface area contributed by atoms with Crippen LogP contribution < -0.4 is 0 Å². The van der Waals surface area contributed by atoms with Crippen molar-refractivity contribution in [2.24, 2.45) is 11.8 Å². The Morgan fingerprint density at radius 1 is 1.31 bits per heavy atom. The molecule has 0 aliphatic heterocycles. The van der Waals surface area contributed by atoms with Gasteiger partial charge in [0, 0.05) is 6.42 Å². The Labute approximate surface area is 98.9 Å². The van der Waals surface area contributed by atoms with E-state index in [-0.39, 0.29) is 5.78 Å². The van der Waals surface area contributed by atoms with E-state index in [0.29, 0.717) is 18.3 Å². The van der Waals surface area contributed by atoms with E-state index in [0.717, 1.165) is 0 Å². The summed E-state index contributed by atoms with van der Waals surface area (Å²) in [7, 11) is 0. The van der Waals surface area contributed by atoms with Gasteiger partial charge in [0.2, 0.25) is 0 Å². The van der Waals surface area contributed by atoms with Crippen LogP contribution in [0.15, 0.2) is 37.0 Å². The Bertz CT molecular complexity index is 299. The zero-order chi connectivity index (χ0) is 12.0. The lowest BCUT2D eigenvalue weighted by Crippen LogP contribution is -2.22. The highest BCUT2D eigenvalue weighted by Crippen LogP contribution is 2.37. The Kier molecular flexibility index (Phi) is 5.24. The fraction of sp³-hybridized carbons (Fsp3) is 0.533. The Balaban J connectivity index is 2.70. The average molecular weight is 218 g/mol. The molecular weight excluding hydrogens is 196 g/mol. The van der Waals surface area contributed by atoms with Gasteiger partial charge in [0.1, 0.15) is 0 Å². The quantitative estimate of drug-likeness (QED) is 0.502. The summed E-state index contributed by atoms with van der Waals surface area (Å²) in [4.78, 5) is 11.4. The predicted molar refractivity (Wildman–Crippen MR) is 69.2 cm³/mol. The molecule has 1 aliphatic carbocycles.